The van der Waals surface area contributed by atoms with Crippen LogP contribution in [0.3, 0.4) is 0 Å². The van der Waals surface area contributed by atoms with E-state index >= 15 is 0 Å². The number of carbonyl (C=O) groups excluding carboxylic acids is 1. The molecule has 0 bridgehead atoms. The number of fused-ring (bicyclic) bond motifs is 1. The van der Waals surface area contributed by atoms with Crippen LogP contribution in [-0.4, -0.2) is 54.5 Å². The van der Waals surface area contributed by atoms with Gasteiger partial charge >= 0.3 is 5.97 Å². The first-order chi connectivity index (χ1) is 13.5. The van der Waals surface area contributed by atoms with Crippen LogP contribution in [0.15, 0.2) is 42.5 Å². The molecule has 2 aromatic rings. The number of aliphatic carboxylic acids is 1. The minimum absolute atomic E-state index is 0.0540. The van der Waals surface area contributed by atoms with Gasteiger partial charge in [0.05, 0.1) is 6.61 Å². The normalized spacial score (nSPS) is 17.7. The predicted molar refractivity (Wildman–Crippen MR) is 106 cm³/mol. The Morgan fingerprint density at radius 1 is 1.04 bits per heavy atom. The highest BCUT2D eigenvalue weighted by molar-refractivity contribution is 5.94. The first-order valence-electron chi connectivity index (χ1n) is 9.62. The molecule has 146 valence electrons. The summed E-state index contributed by atoms with van der Waals surface area (Å²) in [6, 6.07) is 12.7. The number of nitrogens with zero attached hydrogens (tertiary/aromatic N) is 2. The number of ketones is 1. The van der Waals surface area contributed by atoms with Crippen LogP contribution in [0.1, 0.15) is 34.5 Å². The fourth-order valence-corrected chi connectivity index (χ4v) is 4.09. The van der Waals surface area contributed by atoms with Gasteiger partial charge in [-0.05, 0) is 36.8 Å². The van der Waals surface area contributed by atoms with Crippen molar-refractivity contribution in [2.75, 3.05) is 37.7 Å². The summed E-state index contributed by atoms with van der Waals surface area (Å²) < 4.78 is 5.74. The number of ether oxygens (including phenoxy) is 1. The molecule has 2 aliphatic heterocycles. The summed E-state index contributed by atoms with van der Waals surface area (Å²) in [5.41, 5.74) is 3.60. The van der Waals surface area contributed by atoms with Crippen molar-refractivity contribution in [2.24, 2.45) is 0 Å². The molecule has 0 unspecified atom stereocenters. The van der Waals surface area contributed by atoms with Crippen molar-refractivity contribution >= 4 is 17.4 Å². The minimum Gasteiger partial charge on any atom is -0.493 e. The zero-order chi connectivity index (χ0) is 19.7. The smallest absolute Gasteiger partial charge is 0.325 e. The maximum atomic E-state index is 12.1. The van der Waals surface area contributed by atoms with Gasteiger partial charge in [0.1, 0.15) is 11.8 Å². The number of rotatable bonds is 5. The number of anilines is 1. The van der Waals surface area contributed by atoms with Gasteiger partial charge in [-0.1, -0.05) is 18.2 Å². The van der Waals surface area contributed by atoms with Gasteiger partial charge in [-0.15, -0.1) is 0 Å². The quantitative estimate of drug-likeness (QED) is 0.805. The zero-order valence-electron chi connectivity index (χ0n) is 15.9. The summed E-state index contributed by atoms with van der Waals surface area (Å²) in [6.07, 6.45) is 0.833. The monoisotopic (exact) mass is 380 g/mol. The maximum Gasteiger partial charge on any atom is 0.325 e. The van der Waals surface area contributed by atoms with Crippen LogP contribution in [0.5, 0.6) is 5.75 Å². The second kappa shape index (κ2) is 7.64. The molecule has 1 fully saturated rings. The Kier molecular flexibility index (Phi) is 5.05. The Morgan fingerprint density at radius 2 is 1.75 bits per heavy atom. The molecule has 4 rings (SSSR count). The Bertz CT molecular complexity index is 886. The number of hydrogen-bond donors (Lipinski definition) is 1. The molecule has 6 nitrogen and oxygen atoms in total. The van der Waals surface area contributed by atoms with E-state index in [-0.39, 0.29) is 5.78 Å². The largest absolute Gasteiger partial charge is 0.493 e. The molecule has 0 spiro atoms. The Hall–Kier alpha value is -2.86. The van der Waals surface area contributed by atoms with E-state index < -0.39 is 12.0 Å². The molecule has 2 aromatic carbocycles. The molecule has 2 heterocycles. The Morgan fingerprint density at radius 3 is 2.39 bits per heavy atom. The third-order valence-corrected chi connectivity index (χ3v) is 5.59. The number of Topliss-reactive ketones (excluding diaryl/α,β-unsaturated/α-hetero) is 1. The van der Waals surface area contributed by atoms with E-state index in [1.54, 1.807) is 6.92 Å². The van der Waals surface area contributed by atoms with Crippen molar-refractivity contribution in [3.05, 3.63) is 59.2 Å². The van der Waals surface area contributed by atoms with E-state index in [2.05, 4.69) is 4.90 Å². The Labute approximate surface area is 164 Å². The molecule has 0 amide bonds. The highest BCUT2D eigenvalue weighted by Crippen LogP contribution is 2.36. The van der Waals surface area contributed by atoms with Crippen molar-refractivity contribution in [3.63, 3.8) is 0 Å². The highest BCUT2D eigenvalue weighted by Gasteiger charge is 2.34. The van der Waals surface area contributed by atoms with E-state index in [4.69, 9.17) is 4.74 Å². The average Bonchev–Trinajstić information content (AvgIpc) is 3.18. The Balaban J connectivity index is 1.49. The predicted octanol–water partition coefficient (Wildman–Crippen LogP) is 2.77. The molecular weight excluding hydrogens is 356 g/mol. The molecule has 0 aliphatic carbocycles. The summed E-state index contributed by atoms with van der Waals surface area (Å²) in [5, 5.41) is 9.93. The van der Waals surface area contributed by atoms with Crippen molar-refractivity contribution in [1.82, 2.24) is 4.90 Å². The molecule has 2 aliphatic rings. The maximum absolute atomic E-state index is 12.1. The van der Waals surface area contributed by atoms with Crippen molar-refractivity contribution in [2.45, 2.75) is 19.4 Å². The second-order valence-corrected chi connectivity index (χ2v) is 7.30. The van der Waals surface area contributed by atoms with Crippen LogP contribution in [0.4, 0.5) is 5.69 Å². The van der Waals surface area contributed by atoms with Gasteiger partial charge < -0.3 is 14.7 Å². The molecule has 0 saturated carbocycles. The summed E-state index contributed by atoms with van der Waals surface area (Å²) >= 11 is 0. The fourth-order valence-electron chi connectivity index (χ4n) is 4.09. The lowest BCUT2D eigenvalue weighted by atomic mass is 10.00. The summed E-state index contributed by atoms with van der Waals surface area (Å²) in [7, 11) is 0. The third kappa shape index (κ3) is 3.47. The number of hydrogen-bond acceptors (Lipinski definition) is 5. The van der Waals surface area contributed by atoms with Gasteiger partial charge in [0.15, 0.2) is 5.78 Å². The van der Waals surface area contributed by atoms with Crippen LogP contribution in [0.2, 0.25) is 0 Å². The number of carboxylic acid groups (broad SMARTS) is 1. The van der Waals surface area contributed by atoms with Gasteiger partial charge in [-0.3, -0.25) is 14.5 Å². The number of para-hydroxylation sites is 1. The van der Waals surface area contributed by atoms with Gasteiger partial charge in [0.25, 0.3) is 0 Å². The number of benzene rings is 2. The van der Waals surface area contributed by atoms with Crippen LogP contribution >= 0.6 is 0 Å². The van der Waals surface area contributed by atoms with Gasteiger partial charge in [-0.25, -0.2) is 0 Å². The molecule has 28 heavy (non-hydrogen) atoms. The van der Waals surface area contributed by atoms with Gasteiger partial charge in [0, 0.05) is 49.4 Å². The standard InChI is InChI=1S/C22H24N2O4/c1-15(25)16-5-7-18(8-6-16)23-10-12-24(13-11-23)20(22(26)27)19-4-2-3-17-9-14-28-21(17)19/h2-8,20H,9-14H2,1H3,(H,26,27)/t20-/m1/s1. The van der Waals surface area contributed by atoms with Crippen LogP contribution in [0.25, 0.3) is 0 Å². The first kappa shape index (κ1) is 18.5. The van der Waals surface area contributed by atoms with E-state index in [0.29, 0.717) is 25.3 Å². The van der Waals surface area contributed by atoms with Crippen molar-refractivity contribution in [1.29, 1.82) is 0 Å². The molecular formula is C22H24N2O4. The third-order valence-electron chi connectivity index (χ3n) is 5.59. The SMILES string of the molecule is CC(=O)c1ccc(N2CCN([C@@H](C(=O)O)c3cccc4c3OCC4)CC2)cc1. The molecule has 1 saturated heterocycles. The van der Waals surface area contributed by atoms with Crippen molar-refractivity contribution in [3.8, 4) is 5.75 Å². The number of piperazine rings is 1. The molecule has 0 aromatic heterocycles. The van der Waals surface area contributed by atoms with Crippen LogP contribution < -0.4 is 9.64 Å². The van der Waals surface area contributed by atoms with Gasteiger partial charge in [-0.2, -0.15) is 0 Å². The average molecular weight is 380 g/mol. The summed E-state index contributed by atoms with van der Waals surface area (Å²) in [5.74, 6) is -0.0430. The minimum atomic E-state index is -0.844. The molecule has 6 heteroatoms. The molecule has 1 atom stereocenters. The lowest BCUT2D eigenvalue weighted by molar-refractivity contribution is -0.143. The van der Waals surface area contributed by atoms with Crippen molar-refractivity contribution < 1.29 is 19.4 Å². The second-order valence-electron chi connectivity index (χ2n) is 7.30. The topological polar surface area (TPSA) is 70.1 Å². The molecule has 0 radical (unpaired) electrons. The van der Waals surface area contributed by atoms with Gasteiger partial charge in [0.2, 0.25) is 0 Å². The van der Waals surface area contributed by atoms with E-state index in [1.165, 1.54) is 0 Å². The summed E-state index contributed by atoms with van der Waals surface area (Å²) in [6.45, 7) is 4.94. The fraction of sp³-hybridized carbons (Fsp3) is 0.364. The van der Waals surface area contributed by atoms with E-state index in [9.17, 15) is 14.7 Å². The number of carbonyl (C=O) groups is 2. The lowest BCUT2D eigenvalue weighted by Crippen LogP contribution is -2.49. The number of carboxylic acids is 1. The van der Waals surface area contributed by atoms with Crippen LogP contribution in [-0.2, 0) is 11.2 Å². The first-order valence-corrected chi connectivity index (χ1v) is 9.62. The van der Waals surface area contributed by atoms with Crippen LogP contribution in [0, 0.1) is 0 Å². The highest BCUT2D eigenvalue weighted by atomic mass is 16.5. The zero-order valence-corrected chi connectivity index (χ0v) is 15.9. The van der Waals surface area contributed by atoms with E-state index in [1.807, 2.05) is 47.4 Å². The molecule has 1 N–H and O–H groups in total. The van der Waals surface area contributed by atoms with E-state index in [0.717, 1.165) is 42.1 Å². The summed E-state index contributed by atoms with van der Waals surface area (Å²) in [4.78, 5) is 27.8. The lowest BCUT2D eigenvalue weighted by Gasteiger charge is -2.39.